The normalized spacial score (nSPS) is 18.6. The molecular formula is C25H40N2O3. The minimum Gasteiger partial charge on any atom is -0.391 e. The Morgan fingerprint density at radius 2 is 1.53 bits per heavy atom. The van der Waals surface area contributed by atoms with Gasteiger partial charge in [-0.15, -0.1) is 0 Å². The van der Waals surface area contributed by atoms with E-state index in [2.05, 4.69) is 18.3 Å². The van der Waals surface area contributed by atoms with E-state index in [1.54, 1.807) is 4.90 Å². The largest absolute Gasteiger partial charge is 0.391 e. The van der Waals surface area contributed by atoms with Crippen molar-refractivity contribution in [2.24, 2.45) is 0 Å². The van der Waals surface area contributed by atoms with E-state index in [4.69, 9.17) is 0 Å². The van der Waals surface area contributed by atoms with Gasteiger partial charge in [-0.3, -0.25) is 9.59 Å². The first kappa shape index (κ1) is 24.4. The highest BCUT2D eigenvalue weighted by atomic mass is 16.3. The van der Waals surface area contributed by atoms with Crippen molar-refractivity contribution in [3.63, 3.8) is 0 Å². The molecule has 1 aromatic carbocycles. The monoisotopic (exact) mass is 416 g/mol. The quantitative estimate of drug-likeness (QED) is 0.464. The molecule has 1 fully saturated rings. The van der Waals surface area contributed by atoms with E-state index in [1.807, 2.05) is 26.0 Å². The van der Waals surface area contributed by atoms with Crippen LogP contribution in [-0.2, 0) is 9.59 Å². The van der Waals surface area contributed by atoms with Gasteiger partial charge in [0.05, 0.1) is 6.10 Å². The van der Waals surface area contributed by atoms with Crippen LogP contribution in [0.15, 0.2) is 18.2 Å². The van der Waals surface area contributed by atoms with Crippen molar-refractivity contribution in [1.82, 2.24) is 4.90 Å². The Balaban J connectivity index is 1.76. The Morgan fingerprint density at radius 1 is 0.967 bits per heavy atom. The van der Waals surface area contributed by atoms with Gasteiger partial charge < -0.3 is 15.3 Å². The van der Waals surface area contributed by atoms with E-state index in [0.717, 1.165) is 29.7 Å². The summed E-state index contributed by atoms with van der Waals surface area (Å²) in [4.78, 5) is 27.1. The minimum absolute atomic E-state index is 0.0185. The number of nitrogens with one attached hydrogen (secondary N) is 1. The molecule has 0 aliphatic carbocycles. The lowest BCUT2D eigenvalue weighted by Crippen LogP contribution is -2.43. The highest BCUT2D eigenvalue weighted by molar-refractivity contribution is 5.97. The van der Waals surface area contributed by atoms with Gasteiger partial charge in [0.25, 0.3) is 0 Å². The van der Waals surface area contributed by atoms with Gasteiger partial charge in [0.2, 0.25) is 11.8 Å². The van der Waals surface area contributed by atoms with Gasteiger partial charge in [0.15, 0.2) is 0 Å². The van der Waals surface area contributed by atoms with Crippen LogP contribution in [0.25, 0.3) is 0 Å². The molecule has 1 heterocycles. The van der Waals surface area contributed by atoms with Crippen molar-refractivity contribution >= 4 is 17.5 Å². The van der Waals surface area contributed by atoms with Crippen molar-refractivity contribution in [2.75, 3.05) is 11.9 Å². The topological polar surface area (TPSA) is 69.6 Å². The van der Waals surface area contributed by atoms with Gasteiger partial charge in [-0.25, -0.2) is 0 Å². The first-order valence-electron chi connectivity index (χ1n) is 11.8. The summed E-state index contributed by atoms with van der Waals surface area (Å²) >= 11 is 0. The van der Waals surface area contributed by atoms with Crippen molar-refractivity contribution in [3.05, 3.63) is 29.3 Å². The maximum absolute atomic E-state index is 12.8. The van der Waals surface area contributed by atoms with E-state index >= 15 is 0 Å². The third-order valence-electron chi connectivity index (χ3n) is 5.89. The van der Waals surface area contributed by atoms with Crippen LogP contribution in [-0.4, -0.2) is 40.5 Å². The fourth-order valence-electron chi connectivity index (χ4n) is 4.34. The average molecular weight is 417 g/mol. The molecule has 2 N–H and O–H groups in total. The zero-order valence-corrected chi connectivity index (χ0v) is 19.1. The highest BCUT2D eigenvalue weighted by Gasteiger charge is 2.38. The summed E-state index contributed by atoms with van der Waals surface area (Å²) in [6.07, 6.45) is 11.0. The van der Waals surface area contributed by atoms with Gasteiger partial charge in [0, 0.05) is 25.1 Å². The highest BCUT2D eigenvalue weighted by Crippen LogP contribution is 2.23. The van der Waals surface area contributed by atoms with Crippen LogP contribution >= 0.6 is 0 Å². The molecule has 168 valence electrons. The number of hydrogen-bond acceptors (Lipinski definition) is 3. The maximum atomic E-state index is 12.8. The molecule has 1 saturated heterocycles. The predicted molar refractivity (Wildman–Crippen MR) is 123 cm³/mol. The Hall–Kier alpha value is -1.88. The molecule has 5 nitrogen and oxygen atoms in total. The second-order valence-electron chi connectivity index (χ2n) is 8.90. The van der Waals surface area contributed by atoms with Crippen LogP contribution in [0.5, 0.6) is 0 Å². The summed E-state index contributed by atoms with van der Waals surface area (Å²) in [5.74, 6) is -0.230. The molecule has 2 rings (SSSR count). The number of nitrogens with zero attached hydrogens (tertiary/aromatic N) is 1. The summed E-state index contributed by atoms with van der Waals surface area (Å²) in [5, 5.41) is 13.0. The second kappa shape index (κ2) is 12.7. The number of anilines is 1. The number of amides is 2. The lowest BCUT2D eigenvalue weighted by atomic mass is 10.1. The predicted octanol–water partition coefficient (Wildman–Crippen LogP) is 5.12. The van der Waals surface area contributed by atoms with Crippen molar-refractivity contribution in [1.29, 1.82) is 0 Å². The van der Waals surface area contributed by atoms with E-state index in [9.17, 15) is 14.7 Å². The van der Waals surface area contributed by atoms with Gasteiger partial charge in [-0.05, 0) is 43.5 Å². The number of benzene rings is 1. The number of hydrogen-bond donors (Lipinski definition) is 2. The molecule has 0 aromatic heterocycles. The number of unbranched alkanes of at least 4 members (excludes halogenated alkanes) is 8. The zero-order valence-electron chi connectivity index (χ0n) is 19.1. The standard InChI is InChI=1S/C25H40N2O3/c1-4-5-6-7-8-9-10-11-12-13-24(29)27-18-22(28)17-23(27)25(30)26-21-15-19(2)14-20(3)16-21/h14-16,22-23,28H,4-13,17-18H2,1-3H3,(H,26,30)/t22-,23+/m1/s1. The molecule has 30 heavy (non-hydrogen) atoms. The molecule has 1 aliphatic rings. The van der Waals surface area contributed by atoms with E-state index < -0.39 is 12.1 Å². The Kier molecular flexibility index (Phi) is 10.4. The molecule has 0 bridgehead atoms. The molecule has 0 saturated carbocycles. The Morgan fingerprint density at radius 3 is 2.13 bits per heavy atom. The number of carbonyl (C=O) groups is 2. The zero-order chi connectivity index (χ0) is 21.9. The third kappa shape index (κ3) is 8.10. The fraction of sp³-hybridized carbons (Fsp3) is 0.680. The van der Waals surface area contributed by atoms with E-state index in [0.29, 0.717) is 12.8 Å². The molecule has 0 radical (unpaired) electrons. The number of carbonyl (C=O) groups excluding carboxylic acids is 2. The lowest BCUT2D eigenvalue weighted by Gasteiger charge is -2.24. The summed E-state index contributed by atoms with van der Waals surface area (Å²) in [6.45, 7) is 6.46. The molecule has 5 heteroatoms. The fourth-order valence-corrected chi connectivity index (χ4v) is 4.34. The van der Waals surface area contributed by atoms with Crippen molar-refractivity contribution in [2.45, 2.75) is 104 Å². The molecule has 2 amide bonds. The molecule has 1 aliphatic heterocycles. The minimum atomic E-state index is -0.632. The van der Waals surface area contributed by atoms with Crippen LogP contribution in [0.3, 0.4) is 0 Å². The first-order valence-corrected chi connectivity index (χ1v) is 11.8. The summed E-state index contributed by atoms with van der Waals surface area (Å²) in [6, 6.07) is 5.30. The van der Waals surface area contributed by atoms with Gasteiger partial charge in [0.1, 0.15) is 6.04 Å². The number of aryl methyl sites for hydroxylation is 2. The van der Waals surface area contributed by atoms with Crippen molar-refractivity contribution in [3.8, 4) is 0 Å². The van der Waals surface area contributed by atoms with E-state index in [-0.39, 0.29) is 18.4 Å². The Bertz CT molecular complexity index is 669. The van der Waals surface area contributed by atoms with Gasteiger partial charge in [-0.1, -0.05) is 64.4 Å². The lowest BCUT2D eigenvalue weighted by molar-refractivity contribution is -0.136. The number of rotatable bonds is 12. The van der Waals surface area contributed by atoms with Crippen LogP contribution in [0.2, 0.25) is 0 Å². The van der Waals surface area contributed by atoms with E-state index in [1.165, 1.54) is 44.9 Å². The first-order chi connectivity index (χ1) is 14.4. The molecule has 0 spiro atoms. The molecular weight excluding hydrogens is 376 g/mol. The summed E-state index contributed by atoms with van der Waals surface area (Å²) in [5.41, 5.74) is 2.90. The van der Waals surface area contributed by atoms with Crippen LogP contribution in [0, 0.1) is 13.8 Å². The maximum Gasteiger partial charge on any atom is 0.247 e. The van der Waals surface area contributed by atoms with Crippen LogP contribution in [0.1, 0.15) is 88.7 Å². The molecule has 2 atom stereocenters. The number of likely N-dealkylation sites (tertiary alicyclic amines) is 1. The van der Waals surface area contributed by atoms with Gasteiger partial charge in [-0.2, -0.15) is 0 Å². The van der Waals surface area contributed by atoms with Gasteiger partial charge >= 0.3 is 0 Å². The second-order valence-corrected chi connectivity index (χ2v) is 8.90. The molecule has 0 unspecified atom stereocenters. The van der Waals surface area contributed by atoms with Crippen LogP contribution < -0.4 is 5.32 Å². The smallest absolute Gasteiger partial charge is 0.247 e. The number of aliphatic hydroxyl groups is 1. The van der Waals surface area contributed by atoms with Crippen LogP contribution in [0.4, 0.5) is 5.69 Å². The third-order valence-corrected chi connectivity index (χ3v) is 5.89. The van der Waals surface area contributed by atoms with Crippen molar-refractivity contribution < 1.29 is 14.7 Å². The summed E-state index contributed by atoms with van der Waals surface area (Å²) in [7, 11) is 0. The SMILES string of the molecule is CCCCCCCCCCCC(=O)N1C[C@H](O)C[C@H]1C(=O)Nc1cc(C)cc(C)c1. The number of aliphatic hydroxyl groups excluding tert-OH is 1. The molecule has 1 aromatic rings. The summed E-state index contributed by atoms with van der Waals surface area (Å²) < 4.78 is 0. The number of β-amino-alcohol motifs (C(OH)–C–C–N with tert-alkyl or cyclic N) is 1. The Labute approximate surface area is 182 Å². The average Bonchev–Trinajstić information content (AvgIpc) is 3.08.